The number of aromatic amines is 2. The number of hydrogen-bond acceptors (Lipinski definition) is 29. The average Bonchev–Trinajstić information content (AvgIpc) is 4.34. The molecule has 0 bridgehead atoms. The lowest BCUT2D eigenvalue weighted by Gasteiger charge is -2.26. The number of carbonyl (C=O) groups is 1. The molecule has 14 N–H and O–H groups in total. The molecule has 8 rings (SSSR count). The molecule has 81 heavy (non-hydrogen) atoms. The fourth-order valence-corrected chi connectivity index (χ4v) is 14.6. The van der Waals surface area contributed by atoms with Crippen LogP contribution in [0.15, 0.2) is 45.6 Å². The number of phosphoric ester groups is 3. The Morgan fingerprint density at radius 3 is 2.00 bits per heavy atom. The zero-order valence-corrected chi connectivity index (χ0v) is 46.3. The molecule has 3 aliphatic rings. The fourth-order valence-electron chi connectivity index (χ4n) is 8.66. The van der Waals surface area contributed by atoms with Crippen molar-refractivity contribution in [3.8, 4) is 0 Å². The zero-order chi connectivity index (χ0) is 59.5. The third-order valence-corrected chi connectivity index (χ3v) is 19.1. The second kappa shape index (κ2) is 23.6. The molecule has 3 aliphatic heterocycles. The van der Waals surface area contributed by atoms with Crippen LogP contribution in [-0.2, 0) is 84.6 Å². The maximum atomic E-state index is 13.6. The number of aromatic nitrogens is 10. The van der Waals surface area contributed by atoms with Gasteiger partial charge in [0.2, 0.25) is 17.7 Å². The minimum atomic E-state index is -6.47. The van der Waals surface area contributed by atoms with E-state index in [2.05, 4.69) is 37.9 Å². The number of amides is 1. The molecule has 17 atom stereocenters. The van der Waals surface area contributed by atoms with Crippen molar-refractivity contribution in [3.63, 3.8) is 0 Å². The molecule has 8 heterocycles. The van der Waals surface area contributed by atoms with Gasteiger partial charge in [-0.05, 0) is 0 Å². The molecule has 0 spiro atoms. The average molecular weight is 1260 g/mol. The molecule has 0 aromatic carbocycles. The van der Waals surface area contributed by atoms with Crippen molar-refractivity contribution in [2.24, 2.45) is 13.0 Å². The summed E-state index contributed by atoms with van der Waals surface area (Å²) in [5, 5.41) is 32.7. The zero-order valence-electron chi connectivity index (χ0n) is 41.8. The Balaban J connectivity index is 0.932. The molecule has 41 nitrogen and oxygen atoms in total. The van der Waals surface area contributed by atoms with Crippen LogP contribution < -0.4 is 32.8 Å². The second-order valence-corrected chi connectivity index (χ2v) is 25.6. The van der Waals surface area contributed by atoms with Gasteiger partial charge in [-0.3, -0.25) is 56.1 Å². The van der Waals surface area contributed by atoms with Crippen LogP contribution in [0.5, 0.6) is 0 Å². The van der Waals surface area contributed by atoms with E-state index in [0.29, 0.717) is 4.57 Å². The summed E-state index contributed by atoms with van der Waals surface area (Å²) >= 11 is 0. The van der Waals surface area contributed by atoms with Gasteiger partial charge in [-0.15, -0.1) is 0 Å². The fraction of sp³-hybridized carbons (Fsp3) is 0.571. The Morgan fingerprint density at radius 1 is 0.765 bits per heavy atom. The van der Waals surface area contributed by atoms with Crippen molar-refractivity contribution < 1.29 is 122 Å². The van der Waals surface area contributed by atoms with Gasteiger partial charge in [0, 0.05) is 45.8 Å². The van der Waals surface area contributed by atoms with Gasteiger partial charge < -0.3 is 75.1 Å². The third-order valence-electron chi connectivity index (χ3n) is 12.3. The van der Waals surface area contributed by atoms with Gasteiger partial charge in [0.15, 0.2) is 30.2 Å². The Kier molecular flexibility index (Phi) is 18.1. The molecule has 5 unspecified atom stereocenters. The lowest BCUT2D eigenvalue weighted by atomic mass is 9.94. The highest BCUT2D eigenvalue weighted by molar-refractivity contribution is 7.69. The van der Waals surface area contributed by atoms with Gasteiger partial charge in [-0.1, -0.05) is 4.98 Å². The van der Waals surface area contributed by atoms with Crippen LogP contribution in [0.25, 0.3) is 22.3 Å². The number of nitrogens with two attached hydrogens (primary N) is 2. The standard InChI is InChI=1S/C35H50N13O28P5/c1-44(2)19(50)7-14-15(70-31(22(14)51)48-13-45(3)21-29(48)42-34(37)43-30(21)54)8-68-78(58,59)74-80(62,63)76-81(64,65)75-79(60,61)69-10-17-25(26(66-4)33(72-17)47-12-40-20-27(36)38-11-39-28(20)47)73-77(56,57)67-9-16-23(52)24(53)32(71-16)46-6-5-18(49)41-35(46)55/h5-6,11-17,22-26,31-33,51-53H,7-10H2,1-4H3,(H10-,36,37,38,39,41,42,43,49,54,55,56,57,58,59,60,61,62,63,64,65)/p+1/t14-,15-,16-,17-,22-,23-,24-,25-,26-,31-,32-,33-/m1/s1. The highest BCUT2D eigenvalue weighted by Gasteiger charge is 2.54. The Hall–Kier alpha value is -4.96. The maximum absolute atomic E-state index is 13.6. The maximum Gasteiger partial charge on any atom is 0.490 e. The van der Waals surface area contributed by atoms with E-state index in [4.69, 9.17) is 48.5 Å². The van der Waals surface area contributed by atoms with E-state index in [0.717, 1.165) is 41.5 Å². The first-order valence-corrected chi connectivity index (χ1v) is 30.3. The first kappa shape index (κ1) is 62.1. The van der Waals surface area contributed by atoms with Crippen molar-refractivity contribution in [3.05, 3.63) is 62.4 Å². The monoisotopic (exact) mass is 1260 g/mol. The molecule has 448 valence electrons. The quantitative estimate of drug-likeness (QED) is 0.0219. The van der Waals surface area contributed by atoms with Crippen molar-refractivity contribution in [1.82, 2.24) is 48.5 Å². The molecule has 0 radical (unpaired) electrons. The number of aliphatic hydroxyl groups excluding tert-OH is 3. The van der Waals surface area contributed by atoms with E-state index >= 15 is 0 Å². The highest BCUT2D eigenvalue weighted by atomic mass is 31.3. The number of aryl methyl sites for hydroxylation is 1. The van der Waals surface area contributed by atoms with Crippen LogP contribution in [0.4, 0.5) is 11.8 Å². The number of aliphatic hydroxyl groups is 3. The Morgan fingerprint density at radius 2 is 1.37 bits per heavy atom. The number of nitrogens with zero attached hydrogens (tertiary/aromatic N) is 9. The van der Waals surface area contributed by atoms with Crippen molar-refractivity contribution in [2.75, 3.05) is 52.5 Å². The summed E-state index contributed by atoms with van der Waals surface area (Å²) in [5.74, 6) is -2.34. The lowest BCUT2D eigenvalue weighted by Crippen LogP contribution is -2.45. The largest absolute Gasteiger partial charge is 0.490 e. The van der Waals surface area contributed by atoms with Gasteiger partial charge in [0.1, 0.15) is 54.6 Å². The van der Waals surface area contributed by atoms with E-state index in [9.17, 15) is 81.8 Å². The summed E-state index contributed by atoms with van der Waals surface area (Å²) in [7, 11) is -25.3. The minimum Gasteiger partial charge on any atom is -0.387 e. The summed E-state index contributed by atoms with van der Waals surface area (Å²) in [5.41, 5.74) is 8.92. The van der Waals surface area contributed by atoms with Crippen LogP contribution in [0.1, 0.15) is 25.1 Å². The summed E-state index contributed by atoms with van der Waals surface area (Å²) < 4.78 is 125. The van der Waals surface area contributed by atoms with Gasteiger partial charge in [-0.25, -0.2) is 47.1 Å². The first-order chi connectivity index (χ1) is 37.7. The first-order valence-electron chi connectivity index (χ1n) is 22.8. The number of imidazole rings is 2. The number of nitrogens with one attached hydrogen (secondary N) is 2. The van der Waals surface area contributed by atoms with Gasteiger partial charge in [-0.2, -0.15) is 12.9 Å². The normalized spacial score (nSPS) is 29.7. The second-order valence-electron chi connectivity index (χ2n) is 17.9. The SMILES string of the molecule is CO[C@@H]1[C@H](OP(=O)(O)OC[C@H]2O[C@@H](n3ccc(=O)[nH]c3=O)[C@H](O)[C@@H]2O)[C@@H](COP(=O)(O)OP(=O)(O)OP(=O)(O)OP(=O)(O)OC[C@H]2O[C@@H]([n+]3cn(C)c4c(=O)[nH]c(N)nc43)[C@H](O)[C@@H]2CC(=O)N(C)C)O[C@H]1n1cnc2c(N)ncnc21. The number of rotatable bonds is 23. The van der Waals surface area contributed by atoms with E-state index in [1.54, 1.807) is 0 Å². The summed E-state index contributed by atoms with van der Waals surface area (Å²) in [6.07, 6.45) is -15.0. The van der Waals surface area contributed by atoms with Crippen molar-refractivity contribution in [1.29, 1.82) is 0 Å². The predicted molar refractivity (Wildman–Crippen MR) is 259 cm³/mol. The number of phosphoric acid groups is 5. The third kappa shape index (κ3) is 13.8. The molecule has 5 aromatic heterocycles. The van der Waals surface area contributed by atoms with E-state index in [-0.39, 0.29) is 34.1 Å². The molecule has 3 fully saturated rings. The number of fused-ring (bicyclic) bond motifs is 2. The number of nitrogen functional groups attached to an aromatic ring is 2. The summed E-state index contributed by atoms with van der Waals surface area (Å²) in [6.45, 7) is -3.55. The van der Waals surface area contributed by atoms with Gasteiger partial charge >= 0.3 is 50.5 Å². The van der Waals surface area contributed by atoms with E-state index in [1.807, 2.05) is 4.98 Å². The highest BCUT2D eigenvalue weighted by Crippen LogP contribution is 2.71. The number of H-pyrrole nitrogens is 2. The Bertz CT molecular complexity index is 3620. The molecule has 46 heteroatoms. The molecule has 1 amide bonds. The smallest absolute Gasteiger partial charge is 0.387 e. The molecule has 3 saturated heterocycles. The number of hydrogen-bond donors (Lipinski definition) is 12. The molecule has 0 aliphatic carbocycles. The number of carbonyl (C=O) groups excluding carboxylic acids is 1. The minimum absolute atomic E-state index is 0.00466. The number of anilines is 2. The van der Waals surface area contributed by atoms with Crippen LogP contribution in [0, 0.1) is 5.92 Å². The van der Waals surface area contributed by atoms with Crippen LogP contribution >= 0.6 is 39.1 Å². The predicted octanol–water partition coefficient (Wildman–Crippen LogP) is -4.03. The van der Waals surface area contributed by atoms with E-state index in [1.165, 1.54) is 36.6 Å². The number of methoxy groups -OCH3 is 1. The Labute approximate surface area is 450 Å². The van der Waals surface area contributed by atoms with Crippen molar-refractivity contribution in [2.45, 2.75) is 73.9 Å². The topological polar surface area (TPSA) is 574 Å². The molecule has 0 saturated carbocycles. The summed E-state index contributed by atoms with van der Waals surface area (Å²) in [4.78, 5) is 124. The number of ether oxygens (including phenoxy) is 4. The molecule has 5 aromatic rings. The molecular formula is C35H51N13O28P5+. The lowest BCUT2D eigenvalue weighted by molar-refractivity contribution is -0.745. The van der Waals surface area contributed by atoms with Gasteiger partial charge in [0.05, 0.1) is 39.3 Å². The van der Waals surface area contributed by atoms with Crippen molar-refractivity contribution >= 4 is 79.1 Å². The molecular weight excluding hydrogens is 1210 g/mol. The van der Waals surface area contributed by atoms with Crippen LogP contribution in [-0.4, -0.2) is 184 Å². The van der Waals surface area contributed by atoms with Crippen LogP contribution in [0.2, 0.25) is 0 Å². The van der Waals surface area contributed by atoms with E-state index < -0.39 is 162 Å². The summed E-state index contributed by atoms with van der Waals surface area (Å²) in [6, 6.07) is 0.904. The van der Waals surface area contributed by atoms with Gasteiger partial charge in [0.25, 0.3) is 17.1 Å². The van der Waals surface area contributed by atoms with Crippen LogP contribution in [0.3, 0.4) is 0 Å².